The van der Waals surface area contributed by atoms with Gasteiger partial charge in [0.15, 0.2) is 9.84 Å². The van der Waals surface area contributed by atoms with Crippen LogP contribution in [-0.2, 0) is 29.9 Å². The molecule has 1 heterocycles. The number of aliphatic hydroxyl groups excluding tert-OH is 2. The summed E-state index contributed by atoms with van der Waals surface area (Å²) in [5.41, 5.74) is 1.26. The van der Waals surface area contributed by atoms with E-state index in [-0.39, 0.29) is 42.5 Å². The highest BCUT2D eigenvalue weighted by molar-refractivity contribution is 7.90. The number of benzene rings is 1. The largest absolute Gasteiger partial charge is 0.466 e. The zero-order valence-corrected chi connectivity index (χ0v) is 15.7. The van der Waals surface area contributed by atoms with Gasteiger partial charge in [0.05, 0.1) is 43.9 Å². The summed E-state index contributed by atoms with van der Waals surface area (Å²) in [5, 5.41) is 20.7. The van der Waals surface area contributed by atoms with Crippen LogP contribution in [0.1, 0.15) is 5.56 Å². The van der Waals surface area contributed by atoms with Crippen molar-refractivity contribution in [2.45, 2.75) is 5.75 Å². The molecule has 1 aliphatic rings. The number of β-amino-alcohol motifs (C(OH)–C–C–N with tert-alkyl or cyclic N) is 1. The minimum atomic E-state index is -3.39. The molecule has 3 N–H and O–H groups in total. The molecular weight excluding hydrogens is 376 g/mol. The van der Waals surface area contributed by atoms with Crippen molar-refractivity contribution in [2.24, 2.45) is 0 Å². The second kappa shape index (κ2) is 8.98. The van der Waals surface area contributed by atoms with E-state index in [1.807, 2.05) is 0 Å². The molecule has 1 aromatic carbocycles. The lowest BCUT2D eigenvalue weighted by Gasteiger charge is -2.15. The van der Waals surface area contributed by atoms with Crippen LogP contribution in [0.4, 0.5) is 5.69 Å². The van der Waals surface area contributed by atoms with Gasteiger partial charge >= 0.3 is 5.97 Å². The Morgan fingerprint density at radius 3 is 2.44 bits per heavy atom. The molecule has 148 valence electrons. The molecule has 0 radical (unpaired) electrons. The van der Waals surface area contributed by atoms with Crippen LogP contribution in [-0.4, -0.2) is 74.6 Å². The van der Waals surface area contributed by atoms with Gasteiger partial charge in [-0.2, -0.15) is 0 Å². The molecule has 0 unspecified atom stereocenters. The van der Waals surface area contributed by atoms with E-state index in [1.165, 1.54) is 12.0 Å². The van der Waals surface area contributed by atoms with Crippen LogP contribution in [0.25, 0.3) is 0 Å². The minimum absolute atomic E-state index is 0.0336. The van der Waals surface area contributed by atoms with E-state index < -0.39 is 28.3 Å². The van der Waals surface area contributed by atoms with Crippen LogP contribution in [0.5, 0.6) is 0 Å². The zero-order valence-electron chi connectivity index (χ0n) is 14.8. The molecule has 0 atom stereocenters. The SMILES string of the molecule is COC(=O)C1=C(Nc2ccc(CS(=O)(=O)CCO)cc2)C(=O)N(CCO)C1. The molecule has 9 nitrogen and oxygen atoms in total. The predicted octanol–water partition coefficient (Wildman–Crippen LogP) is -0.733. The molecule has 0 bridgehead atoms. The fraction of sp³-hybridized carbons (Fsp3) is 0.412. The summed E-state index contributed by atoms with van der Waals surface area (Å²) in [5.74, 6) is -1.58. The Bertz CT molecular complexity index is 831. The maximum Gasteiger partial charge on any atom is 0.337 e. The molecule has 0 saturated carbocycles. The van der Waals surface area contributed by atoms with E-state index in [0.717, 1.165) is 0 Å². The molecule has 27 heavy (non-hydrogen) atoms. The molecule has 1 aromatic rings. The summed E-state index contributed by atoms with van der Waals surface area (Å²) >= 11 is 0. The normalized spacial score (nSPS) is 14.6. The number of ether oxygens (including phenoxy) is 1. The Morgan fingerprint density at radius 2 is 1.89 bits per heavy atom. The summed E-state index contributed by atoms with van der Waals surface area (Å²) in [6.45, 7) is -0.540. The third-order valence-corrected chi connectivity index (χ3v) is 5.54. The highest BCUT2D eigenvalue weighted by Crippen LogP contribution is 2.23. The second-order valence-electron chi connectivity index (χ2n) is 5.93. The summed E-state index contributed by atoms with van der Waals surface area (Å²) in [6, 6.07) is 6.35. The highest BCUT2D eigenvalue weighted by atomic mass is 32.2. The first-order valence-corrected chi connectivity index (χ1v) is 10.0. The number of anilines is 1. The van der Waals surface area contributed by atoms with Crippen LogP contribution in [0, 0.1) is 0 Å². The third kappa shape index (κ3) is 5.28. The number of rotatable bonds is 9. The molecule has 0 fully saturated rings. The van der Waals surface area contributed by atoms with E-state index in [9.17, 15) is 18.0 Å². The van der Waals surface area contributed by atoms with Crippen molar-refractivity contribution < 1.29 is 33.0 Å². The van der Waals surface area contributed by atoms with Crippen molar-refractivity contribution in [2.75, 3.05) is 44.5 Å². The first-order chi connectivity index (χ1) is 12.8. The second-order valence-corrected chi connectivity index (χ2v) is 8.12. The van der Waals surface area contributed by atoms with Crippen LogP contribution in [0.2, 0.25) is 0 Å². The summed E-state index contributed by atoms with van der Waals surface area (Å²) < 4.78 is 28.2. The van der Waals surface area contributed by atoms with Crippen LogP contribution in [0.3, 0.4) is 0 Å². The monoisotopic (exact) mass is 398 g/mol. The number of carbonyl (C=O) groups excluding carboxylic acids is 2. The Morgan fingerprint density at radius 1 is 1.22 bits per heavy atom. The number of hydrogen-bond donors (Lipinski definition) is 3. The number of nitrogens with one attached hydrogen (secondary N) is 1. The summed E-state index contributed by atoms with van der Waals surface area (Å²) in [7, 11) is -2.18. The van der Waals surface area contributed by atoms with Crippen molar-refractivity contribution in [3.05, 3.63) is 41.1 Å². The van der Waals surface area contributed by atoms with Gasteiger partial charge in [0.1, 0.15) is 5.70 Å². The first kappa shape index (κ1) is 20.9. The molecular formula is C17H22N2O7S. The van der Waals surface area contributed by atoms with Gasteiger partial charge in [0.25, 0.3) is 5.91 Å². The van der Waals surface area contributed by atoms with Gasteiger partial charge in [-0.25, -0.2) is 13.2 Å². The summed E-state index contributed by atoms with van der Waals surface area (Å²) in [4.78, 5) is 25.7. The van der Waals surface area contributed by atoms with Crippen molar-refractivity contribution in [1.29, 1.82) is 0 Å². The molecule has 0 saturated heterocycles. The van der Waals surface area contributed by atoms with Crippen molar-refractivity contribution in [1.82, 2.24) is 4.90 Å². The van der Waals surface area contributed by atoms with Crippen LogP contribution in [0.15, 0.2) is 35.5 Å². The molecule has 0 spiro atoms. The third-order valence-electron chi connectivity index (χ3n) is 3.97. The molecule has 0 aromatic heterocycles. The zero-order chi connectivity index (χ0) is 20.0. The van der Waals surface area contributed by atoms with Gasteiger partial charge in [0.2, 0.25) is 0 Å². The maximum absolute atomic E-state index is 12.4. The molecule has 0 aliphatic carbocycles. The quantitative estimate of drug-likeness (QED) is 0.464. The number of aliphatic hydroxyl groups is 2. The van der Waals surface area contributed by atoms with Crippen molar-refractivity contribution >= 4 is 27.4 Å². The lowest BCUT2D eigenvalue weighted by molar-refractivity contribution is -0.136. The minimum Gasteiger partial charge on any atom is -0.466 e. The molecule has 1 amide bonds. The van der Waals surface area contributed by atoms with Gasteiger partial charge < -0.3 is 25.2 Å². The molecule has 1 aliphatic heterocycles. The average molecular weight is 398 g/mol. The lowest BCUT2D eigenvalue weighted by atomic mass is 10.2. The van der Waals surface area contributed by atoms with E-state index in [4.69, 9.17) is 14.9 Å². The van der Waals surface area contributed by atoms with E-state index in [0.29, 0.717) is 11.3 Å². The first-order valence-electron chi connectivity index (χ1n) is 8.20. The standard InChI is InChI=1S/C17H22N2O7S/c1-26-17(23)14-10-19(6-7-20)16(22)15(14)18-13-4-2-12(3-5-13)11-27(24,25)9-8-21/h2-5,18,20-21H,6-11H2,1H3. The van der Waals surface area contributed by atoms with Crippen molar-refractivity contribution in [3.63, 3.8) is 0 Å². The van der Waals surface area contributed by atoms with Crippen molar-refractivity contribution in [3.8, 4) is 0 Å². The number of sulfone groups is 1. The molecule has 10 heteroatoms. The Hall–Kier alpha value is -2.43. The van der Waals surface area contributed by atoms with Gasteiger partial charge in [-0.15, -0.1) is 0 Å². The average Bonchev–Trinajstić information content (AvgIpc) is 2.92. The van der Waals surface area contributed by atoms with Gasteiger partial charge in [0, 0.05) is 12.2 Å². The number of esters is 1. The Labute approximate surface area is 157 Å². The fourth-order valence-corrected chi connectivity index (χ4v) is 3.77. The van der Waals surface area contributed by atoms with E-state index in [2.05, 4.69) is 5.32 Å². The number of nitrogens with zero attached hydrogens (tertiary/aromatic N) is 1. The molecule has 2 rings (SSSR count). The van der Waals surface area contributed by atoms with E-state index in [1.54, 1.807) is 24.3 Å². The Kier molecular flexibility index (Phi) is 6.94. The maximum atomic E-state index is 12.4. The number of methoxy groups -OCH3 is 1. The van der Waals surface area contributed by atoms with Gasteiger partial charge in [-0.3, -0.25) is 4.79 Å². The van der Waals surface area contributed by atoms with Crippen LogP contribution < -0.4 is 5.32 Å². The lowest BCUT2D eigenvalue weighted by Crippen LogP contribution is -2.31. The topological polar surface area (TPSA) is 133 Å². The highest BCUT2D eigenvalue weighted by Gasteiger charge is 2.34. The summed E-state index contributed by atoms with van der Waals surface area (Å²) in [6.07, 6.45) is 0. The number of amides is 1. The Balaban J connectivity index is 2.18. The number of hydrogen-bond acceptors (Lipinski definition) is 8. The number of carbonyl (C=O) groups is 2. The van der Waals surface area contributed by atoms with Gasteiger partial charge in [-0.05, 0) is 17.7 Å². The van der Waals surface area contributed by atoms with Gasteiger partial charge in [-0.1, -0.05) is 12.1 Å². The fourth-order valence-electron chi connectivity index (χ4n) is 2.64. The predicted molar refractivity (Wildman–Crippen MR) is 97.3 cm³/mol. The van der Waals surface area contributed by atoms with E-state index >= 15 is 0 Å². The smallest absolute Gasteiger partial charge is 0.337 e. The van der Waals surface area contributed by atoms with Crippen LogP contribution >= 0.6 is 0 Å².